The molecule has 15 heavy (non-hydrogen) atoms. The van der Waals surface area contributed by atoms with Gasteiger partial charge in [0.25, 0.3) is 0 Å². The summed E-state index contributed by atoms with van der Waals surface area (Å²) in [6.07, 6.45) is 1.07. The Kier molecular flexibility index (Phi) is 2.98. The van der Waals surface area contributed by atoms with Gasteiger partial charge >= 0.3 is 0 Å². The summed E-state index contributed by atoms with van der Waals surface area (Å²) in [5.41, 5.74) is 2.65. The van der Waals surface area contributed by atoms with Gasteiger partial charge in [0, 0.05) is 17.1 Å². The summed E-state index contributed by atoms with van der Waals surface area (Å²) in [7, 11) is 0. The van der Waals surface area contributed by atoms with Crippen LogP contribution >= 0.6 is 11.6 Å². The summed E-state index contributed by atoms with van der Waals surface area (Å²) in [5, 5.41) is 3.87. The average molecular weight is 228 g/mol. The van der Waals surface area contributed by atoms with Crippen molar-refractivity contribution < 1.29 is 4.39 Å². The second kappa shape index (κ2) is 4.11. The number of benzene rings is 1. The summed E-state index contributed by atoms with van der Waals surface area (Å²) < 4.78 is 13.6. The van der Waals surface area contributed by atoms with Crippen molar-refractivity contribution in [2.75, 3.05) is 13.1 Å². The molecular weight excluding hydrogens is 213 g/mol. The molecule has 1 unspecified atom stereocenters. The summed E-state index contributed by atoms with van der Waals surface area (Å²) in [4.78, 5) is 0. The Hall–Kier alpha value is -0.600. The first-order chi connectivity index (χ1) is 7.11. The maximum absolute atomic E-state index is 13.6. The van der Waals surface area contributed by atoms with E-state index in [1.165, 1.54) is 0 Å². The maximum Gasteiger partial charge on any atom is 0.127 e. The molecule has 0 saturated carbocycles. The largest absolute Gasteiger partial charge is 0.316 e. The monoisotopic (exact) mass is 227 g/mol. The zero-order valence-electron chi connectivity index (χ0n) is 9.03. The molecule has 0 aliphatic carbocycles. The molecule has 1 saturated heterocycles. The lowest BCUT2D eigenvalue weighted by atomic mass is 9.92. The molecule has 2 rings (SSSR count). The lowest BCUT2D eigenvalue weighted by molar-refractivity contribution is 0.611. The minimum Gasteiger partial charge on any atom is -0.316 e. The Morgan fingerprint density at radius 2 is 2.13 bits per heavy atom. The van der Waals surface area contributed by atoms with Gasteiger partial charge in [-0.2, -0.15) is 0 Å². The van der Waals surface area contributed by atoms with E-state index in [0.717, 1.165) is 30.6 Å². The summed E-state index contributed by atoms with van der Waals surface area (Å²) in [6, 6.07) is 1.65. The Balaban J connectivity index is 2.47. The maximum atomic E-state index is 13.6. The molecule has 3 heteroatoms. The third kappa shape index (κ3) is 1.88. The van der Waals surface area contributed by atoms with Crippen molar-refractivity contribution in [3.05, 3.63) is 33.6 Å². The van der Waals surface area contributed by atoms with E-state index >= 15 is 0 Å². The van der Waals surface area contributed by atoms with E-state index in [2.05, 4.69) is 5.32 Å². The zero-order valence-corrected chi connectivity index (χ0v) is 9.79. The highest BCUT2D eigenvalue weighted by Crippen LogP contribution is 2.32. The van der Waals surface area contributed by atoms with E-state index in [0.29, 0.717) is 16.5 Å². The second-order valence-electron chi connectivity index (χ2n) is 4.20. The molecule has 0 spiro atoms. The van der Waals surface area contributed by atoms with Crippen LogP contribution in [0.15, 0.2) is 6.07 Å². The van der Waals surface area contributed by atoms with Gasteiger partial charge in [-0.15, -0.1) is 0 Å². The molecular formula is C12H15ClFN. The van der Waals surface area contributed by atoms with Crippen molar-refractivity contribution in [3.63, 3.8) is 0 Å². The highest BCUT2D eigenvalue weighted by Gasteiger charge is 2.21. The predicted molar refractivity (Wildman–Crippen MR) is 61.1 cm³/mol. The van der Waals surface area contributed by atoms with Crippen LogP contribution in [0.25, 0.3) is 0 Å². The molecule has 1 N–H and O–H groups in total. The van der Waals surface area contributed by atoms with Gasteiger partial charge in [0.2, 0.25) is 0 Å². The fourth-order valence-corrected chi connectivity index (χ4v) is 2.41. The highest BCUT2D eigenvalue weighted by atomic mass is 35.5. The lowest BCUT2D eigenvalue weighted by Gasteiger charge is -2.15. The standard InChI is InChI=1S/C12H15ClFN/c1-7-10(9-3-4-15-6-9)5-11(14)8(2)12(7)13/h5,9,15H,3-4,6H2,1-2H3. The first-order valence-electron chi connectivity index (χ1n) is 5.27. The molecule has 82 valence electrons. The van der Waals surface area contributed by atoms with Crippen LogP contribution in [0.4, 0.5) is 4.39 Å². The van der Waals surface area contributed by atoms with Gasteiger partial charge in [0.1, 0.15) is 5.82 Å². The Labute approximate surface area is 94.6 Å². The lowest BCUT2D eigenvalue weighted by Crippen LogP contribution is -2.09. The number of halogens is 2. The van der Waals surface area contributed by atoms with E-state index in [1.807, 2.05) is 6.92 Å². The third-order valence-electron chi connectivity index (χ3n) is 3.23. The van der Waals surface area contributed by atoms with Crippen molar-refractivity contribution >= 4 is 11.6 Å². The quantitative estimate of drug-likeness (QED) is 0.777. The molecule has 1 heterocycles. The molecule has 0 bridgehead atoms. The minimum absolute atomic E-state index is 0.188. The van der Waals surface area contributed by atoms with Crippen LogP contribution in [-0.2, 0) is 0 Å². The van der Waals surface area contributed by atoms with E-state index in [9.17, 15) is 4.39 Å². The fraction of sp³-hybridized carbons (Fsp3) is 0.500. The molecule has 1 aliphatic rings. The van der Waals surface area contributed by atoms with Crippen LogP contribution < -0.4 is 5.32 Å². The fourth-order valence-electron chi connectivity index (χ4n) is 2.21. The van der Waals surface area contributed by atoms with Crippen LogP contribution in [0.1, 0.15) is 29.0 Å². The van der Waals surface area contributed by atoms with E-state index in [-0.39, 0.29) is 5.82 Å². The molecule has 1 aliphatic heterocycles. The first-order valence-corrected chi connectivity index (χ1v) is 5.65. The van der Waals surface area contributed by atoms with Gasteiger partial charge < -0.3 is 5.32 Å². The summed E-state index contributed by atoms with van der Waals surface area (Å²) in [5.74, 6) is 0.227. The van der Waals surface area contributed by atoms with Crippen molar-refractivity contribution in [3.8, 4) is 0 Å². The zero-order chi connectivity index (χ0) is 11.0. The molecule has 1 nitrogen and oxygen atoms in total. The van der Waals surface area contributed by atoms with Crippen LogP contribution in [0.3, 0.4) is 0 Å². The van der Waals surface area contributed by atoms with Gasteiger partial charge in [0.15, 0.2) is 0 Å². The number of rotatable bonds is 1. The van der Waals surface area contributed by atoms with Crippen molar-refractivity contribution in [1.29, 1.82) is 0 Å². The van der Waals surface area contributed by atoms with Crippen LogP contribution in [-0.4, -0.2) is 13.1 Å². The highest BCUT2D eigenvalue weighted by molar-refractivity contribution is 6.32. The normalized spacial score (nSPS) is 20.9. The molecule has 1 fully saturated rings. The van der Waals surface area contributed by atoms with Gasteiger partial charge in [-0.25, -0.2) is 4.39 Å². The number of hydrogen-bond donors (Lipinski definition) is 1. The van der Waals surface area contributed by atoms with E-state index < -0.39 is 0 Å². The third-order valence-corrected chi connectivity index (χ3v) is 3.80. The SMILES string of the molecule is Cc1c(F)cc(C2CCNC2)c(C)c1Cl. The Bertz CT molecular complexity index is 384. The summed E-state index contributed by atoms with van der Waals surface area (Å²) >= 11 is 6.11. The number of nitrogens with one attached hydrogen (secondary N) is 1. The molecule has 0 radical (unpaired) electrons. The smallest absolute Gasteiger partial charge is 0.127 e. The topological polar surface area (TPSA) is 12.0 Å². The molecule has 1 aromatic carbocycles. The van der Waals surface area contributed by atoms with Gasteiger partial charge in [0.05, 0.1) is 0 Å². The Morgan fingerprint density at radius 1 is 1.40 bits per heavy atom. The molecule has 1 aromatic rings. The molecule has 0 amide bonds. The van der Waals surface area contributed by atoms with E-state index in [1.54, 1.807) is 13.0 Å². The molecule has 0 aromatic heterocycles. The van der Waals surface area contributed by atoms with Crippen molar-refractivity contribution in [1.82, 2.24) is 5.32 Å². The predicted octanol–water partition coefficient (Wildman–Crippen LogP) is 3.17. The van der Waals surface area contributed by atoms with Gasteiger partial charge in [-0.05, 0) is 49.9 Å². The average Bonchev–Trinajstić information content (AvgIpc) is 2.73. The summed E-state index contributed by atoms with van der Waals surface area (Å²) in [6.45, 7) is 5.64. The second-order valence-corrected chi connectivity index (χ2v) is 4.58. The van der Waals surface area contributed by atoms with Crippen LogP contribution in [0.2, 0.25) is 5.02 Å². The number of hydrogen-bond acceptors (Lipinski definition) is 1. The minimum atomic E-state index is -0.188. The van der Waals surface area contributed by atoms with Gasteiger partial charge in [-0.1, -0.05) is 11.6 Å². The first kappa shape index (κ1) is 10.9. The Morgan fingerprint density at radius 3 is 2.73 bits per heavy atom. The van der Waals surface area contributed by atoms with Crippen molar-refractivity contribution in [2.24, 2.45) is 0 Å². The van der Waals surface area contributed by atoms with Gasteiger partial charge in [-0.3, -0.25) is 0 Å². The van der Waals surface area contributed by atoms with Crippen LogP contribution in [0.5, 0.6) is 0 Å². The van der Waals surface area contributed by atoms with E-state index in [4.69, 9.17) is 11.6 Å². The van der Waals surface area contributed by atoms with Crippen LogP contribution in [0, 0.1) is 19.7 Å². The van der Waals surface area contributed by atoms with Crippen molar-refractivity contribution in [2.45, 2.75) is 26.2 Å². The molecule has 1 atom stereocenters.